The molecule has 3 N–H and O–H groups in total. The Bertz CT molecular complexity index is 2840. The Balaban J connectivity index is 0.000000313. The predicted molar refractivity (Wildman–Crippen MR) is 307 cm³/mol. The van der Waals surface area contributed by atoms with Crippen molar-refractivity contribution in [2.45, 2.75) is 144 Å². The number of halogens is 4. The number of nitrogens with zero attached hydrogens (tertiary/aromatic N) is 4. The number of benzene rings is 4. The summed E-state index contributed by atoms with van der Waals surface area (Å²) in [6.45, 7) is 14.3. The van der Waals surface area contributed by atoms with Crippen LogP contribution < -0.4 is 54.7 Å². The first-order chi connectivity index (χ1) is 38.3. The standard InChI is InChI=1S/C24H27F3N2O5.C13H18N2O3.C12H12N2.C11H13FO2.2CH4.Na.H/c1-14(2)32-23(30)20-8-16(24(25,26)27)5-6-21(20)34-29-17-9-19(10-18(29)13-31-12-17)33-22-7-4-15(3)11-28-22;1-9-2-3-13(14-6-9)18-12-4-10-7-17-8-11(5-12)15(10)16;1-3-7-11(8-4-1)13-14-12-9-5-2-6-10-12;1-7(2)14-11(13)9-6-8(3)4-5-10(9)12;;;;/h4-8,11,14,17-19H,9-10,12-13H2,1-3H3;2-3,6,10-12,16H,4-5,7-8H2,1H3;1-10,13-14H;4-7H,1-3H3;2*1H4;;/q;;;;;;+1;-1/t17-,18+,19?;10-,11+,12?;;;;;;. The number of ether oxygens (including phenoxy) is 6. The number of anilines is 2. The zero-order valence-corrected chi connectivity index (χ0v) is 48.9. The summed E-state index contributed by atoms with van der Waals surface area (Å²) in [7, 11) is 0. The summed E-state index contributed by atoms with van der Waals surface area (Å²) in [4.78, 5) is 38.6. The molecule has 446 valence electrons. The molecular weight excluding hydrogens is 1090 g/mol. The van der Waals surface area contributed by atoms with Gasteiger partial charge in [-0.2, -0.15) is 18.2 Å². The van der Waals surface area contributed by atoms with E-state index in [0.29, 0.717) is 51.0 Å². The first-order valence-electron chi connectivity index (χ1n) is 26.6. The number of hydrazine groups is 1. The SMILES string of the molecule is C.C.Cc1ccc(F)c(C(=O)OC(C)C)c1.Cc1ccc(OC2C[C@H]3COC[C@@H](C2)N3O)nc1.Cc1ccc(OC2C[C@H]3COC[C@@H](C2)N3Oc2ccc(C(F)(F)F)cc2C(=O)OC(C)C)nc1.[H-].[Na+].c1ccc(NNc2ccccc2)cc1. The van der Waals surface area contributed by atoms with Crippen molar-refractivity contribution in [2.75, 3.05) is 37.3 Å². The summed E-state index contributed by atoms with van der Waals surface area (Å²) < 4.78 is 86.1. The number of morpholine rings is 2. The molecule has 4 bridgehead atoms. The van der Waals surface area contributed by atoms with Gasteiger partial charge in [-0.1, -0.05) is 75.0 Å². The van der Waals surface area contributed by atoms with E-state index in [2.05, 4.69) is 20.8 Å². The second-order valence-electron chi connectivity index (χ2n) is 20.4. The number of carbonyl (C=O) groups excluding carboxylic acids is 2. The van der Waals surface area contributed by atoms with Crippen LogP contribution in [0.4, 0.5) is 28.9 Å². The van der Waals surface area contributed by atoms with Gasteiger partial charge in [0.25, 0.3) is 0 Å². The molecular formula is C62H79F4N6NaO10. The topological polar surface area (TPSA) is 175 Å². The number of pyridine rings is 2. The van der Waals surface area contributed by atoms with Crippen molar-refractivity contribution in [1.82, 2.24) is 20.1 Å². The van der Waals surface area contributed by atoms with E-state index in [-0.39, 0.29) is 105 Å². The van der Waals surface area contributed by atoms with Crippen molar-refractivity contribution in [3.05, 3.63) is 173 Å². The Kier molecular flexibility index (Phi) is 27.7. The van der Waals surface area contributed by atoms with Gasteiger partial charge in [0.1, 0.15) is 23.6 Å². The normalized spacial score (nSPS) is 19.7. The molecule has 0 aliphatic carbocycles. The van der Waals surface area contributed by atoms with Crippen LogP contribution in [0.3, 0.4) is 0 Å². The number of rotatable bonds is 13. The molecule has 6 atom stereocenters. The molecule has 83 heavy (non-hydrogen) atoms. The molecule has 10 rings (SSSR count). The van der Waals surface area contributed by atoms with Gasteiger partial charge in [-0.3, -0.25) is 0 Å². The second-order valence-corrected chi connectivity index (χ2v) is 20.4. The van der Waals surface area contributed by atoms with Crippen LogP contribution in [0.25, 0.3) is 0 Å². The molecule has 21 heteroatoms. The van der Waals surface area contributed by atoms with Gasteiger partial charge in [0.2, 0.25) is 11.8 Å². The van der Waals surface area contributed by atoms with Crippen molar-refractivity contribution in [2.24, 2.45) is 0 Å². The van der Waals surface area contributed by atoms with Crippen molar-refractivity contribution in [1.29, 1.82) is 0 Å². The van der Waals surface area contributed by atoms with Gasteiger partial charge < -0.3 is 50.7 Å². The fourth-order valence-electron chi connectivity index (χ4n) is 9.01. The number of hydrogen-bond donors (Lipinski definition) is 3. The summed E-state index contributed by atoms with van der Waals surface area (Å²) >= 11 is 0. The van der Waals surface area contributed by atoms with E-state index in [1.54, 1.807) is 58.1 Å². The number of aromatic nitrogens is 2. The third kappa shape index (κ3) is 21.3. The molecule has 4 aliphatic rings. The number of aryl methyl sites for hydroxylation is 3. The summed E-state index contributed by atoms with van der Waals surface area (Å²) in [6.07, 6.45) is 0.903. The molecule has 0 saturated carbocycles. The Labute approximate surface area is 508 Å². The predicted octanol–water partition coefficient (Wildman–Crippen LogP) is 10.2. The zero-order chi connectivity index (χ0) is 57.3. The van der Waals surface area contributed by atoms with E-state index in [9.17, 15) is 32.4 Å². The fraction of sp³-hybridized carbons (Fsp3) is 0.419. The maximum Gasteiger partial charge on any atom is 1.00 e. The van der Waals surface area contributed by atoms with E-state index in [1.807, 2.05) is 98.8 Å². The molecule has 4 aliphatic heterocycles. The van der Waals surface area contributed by atoms with Crippen LogP contribution in [0.5, 0.6) is 17.5 Å². The molecule has 4 aromatic carbocycles. The zero-order valence-electron chi connectivity index (χ0n) is 47.9. The molecule has 4 fully saturated rings. The molecule has 16 nitrogen and oxygen atoms in total. The number of esters is 2. The number of carbonyl (C=O) groups is 2. The molecule has 0 amide bonds. The molecule has 4 saturated heterocycles. The van der Waals surface area contributed by atoms with E-state index in [1.165, 1.54) is 17.2 Å². The van der Waals surface area contributed by atoms with Gasteiger partial charge >= 0.3 is 47.7 Å². The summed E-state index contributed by atoms with van der Waals surface area (Å²) in [5.41, 5.74) is 10.1. The third-order valence-electron chi connectivity index (χ3n) is 12.8. The first kappa shape index (κ1) is 69.1. The van der Waals surface area contributed by atoms with E-state index < -0.39 is 35.6 Å². The minimum absolute atomic E-state index is 0. The monoisotopic (exact) mass is 1170 g/mol. The molecule has 2 aromatic heterocycles. The Hall–Kier alpha value is -6.36. The van der Waals surface area contributed by atoms with Crippen molar-refractivity contribution in [3.63, 3.8) is 0 Å². The fourth-order valence-corrected chi connectivity index (χ4v) is 9.01. The largest absolute Gasteiger partial charge is 1.00 e. The van der Waals surface area contributed by atoms with Gasteiger partial charge in [-0.15, -0.1) is 5.06 Å². The van der Waals surface area contributed by atoms with Crippen LogP contribution in [0.15, 0.2) is 134 Å². The minimum atomic E-state index is -4.60. The molecule has 6 heterocycles. The van der Waals surface area contributed by atoms with Crippen LogP contribution in [-0.4, -0.2) is 112 Å². The molecule has 0 radical (unpaired) electrons. The number of para-hydroxylation sites is 2. The Morgan fingerprint density at radius 1 is 0.614 bits per heavy atom. The van der Waals surface area contributed by atoms with Crippen molar-refractivity contribution in [3.8, 4) is 17.5 Å². The number of alkyl halides is 3. The van der Waals surface area contributed by atoms with Crippen molar-refractivity contribution < 1.29 is 96.6 Å². The van der Waals surface area contributed by atoms with E-state index in [4.69, 9.17) is 33.3 Å². The maximum atomic E-state index is 13.3. The number of fused-ring (bicyclic) bond motifs is 4. The van der Waals surface area contributed by atoms with Crippen molar-refractivity contribution >= 4 is 23.3 Å². The van der Waals surface area contributed by atoms with Crippen LogP contribution in [-0.2, 0) is 25.1 Å². The van der Waals surface area contributed by atoms with Gasteiger partial charge in [-0.05, 0) is 114 Å². The molecule has 6 aromatic rings. The summed E-state index contributed by atoms with van der Waals surface area (Å²) in [6, 6.07) is 34.5. The van der Waals surface area contributed by atoms with E-state index in [0.717, 1.165) is 59.1 Å². The summed E-state index contributed by atoms with van der Waals surface area (Å²) in [5, 5.41) is 13.0. The first-order valence-corrected chi connectivity index (χ1v) is 26.6. The van der Waals surface area contributed by atoms with Gasteiger partial charge in [0.05, 0.1) is 85.3 Å². The van der Waals surface area contributed by atoms with Crippen LogP contribution in [0, 0.1) is 26.6 Å². The molecule has 0 spiro atoms. The molecule has 2 unspecified atom stereocenters. The maximum absolute atomic E-state index is 13.3. The second kappa shape index (κ2) is 33.2. The van der Waals surface area contributed by atoms with Crippen LogP contribution in [0.1, 0.15) is 113 Å². The minimum Gasteiger partial charge on any atom is -1.00 e. The quantitative estimate of drug-likeness (QED) is 0.0431. The average Bonchev–Trinajstić information content (AvgIpc) is 3.61. The van der Waals surface area contributed by atoms with Gasteiger partial charge in [0, 0.05) is 50.2 Å². The number of piperidine rings is 2. The third-order valence-corrected chi connectivity index (χ3v) is 12.8. The van der Waals surface area contributed by atoms with Gasteiger partial charge in [-0.25, -0.2) is 23.9 Å². The van der Waals surface area contributed by atoms with Crippen LogP contribution >= 0.6 is 0 Å². The average molecular weight is 1170 g/mol. The smallest absolute Gasteiger partial charge is 1.00 e. The van der Waals surface area contributed by atoms with Crippen LogP contribution in [0.2, 0.25) is 0 Å². The number of hydrogen-bond acceptors (Lipinski definition) is 16. The summed E-state index contributed by atoms with van der Waals surface area (Å²) in [5.74, 6) is -0.819. The van der Waals surface area contributed by atoms with Gasteiger partial charge in [0.15, 0.2) is 5.75 Å². The number of hydroxylamine groups is 4. The van der Waals surface area contributed by atoms with E-state index >= 15 is 0 Å². The number of nitrogens with one attached hydrogen (secondary N) is 2. The Morgan fingerprint density at radius 3 is 1.48 bits per heavy atom. The Morgan fingerprint density at radius 2 is 1.05 bits per heavy atom.